The molecule has 2 saturated carbocycles. The number of alkyl halides is 1. The first-order chi connectivity index (χ1) is 17.5. The summed E-state index contributed by atoms with van der Waals surface area (Å²) in [6, 6.07) is 6.39. The van der Waals surface area contributed by atoms with Gasteiger partial charge in [0.15, 0.2) is 0 Å². The second-order valence-corrected chi connectivity index (χ2v) is 12.9. The fraction of sp³-hybridized carbons (Fsp3) is 0.625. The van der Waals surface area contributed by atoms with Crippen molar-refractivity contribution in [2.45, 2.75) is 93.9 Å². The minimum absolute atomic E-state index is 0.0540. The number of allylic oxidation sites excluding steroid dienone is 3. The van der Waals surface area contributed by atoms with Crippen molar-refractivity contribution in [3.8, 4) is 0 Å². The Hall–Kier alpha value is -1.79. The summed E-state index contributed by atoms with van der Waals surface area (Å²) < 4.78 is 24.4. The SMILES string of the molecule is C=Cc1cc(C2=CCC3C2(C)CCC2(F)CC4C(O)C(O)C(N(C)C)CC45CCC32O5)ccc1C=CC. The number of halogens is 1. The molecule has 9 atom stereocenters. The van der Waals surface area contributed by atoms with Gasteiger partial charge in [0.2, 0.25) is 0 Å². The third-order valence-corrected chi connectivity index (χ3v) is 11.2. The molecule has 4 nitrogen and oxygen atoms in total. The summed E-state index contributed by atoms with van der Waals surface area (Å²) in [5, 5.41) is 22.1. The zero-order valence-corrected chi connectivity index (χ0v) is 22.7. The Labute approximate surface area is 220 Å². The highest BCUT2D eigenvalue weighted by molar-refractivity contribution is 5.77. The molecular formula is C32H42FNO3. The molecule has 2 saturated heterocycles. The Kier molecular flexibility index (Phi) is 5.75. The molecule has 0 radical (unpaired) electrons. The van der Waals surface area contributed by atoms with Crippen LogP contribution in [-0.2, 0) is 4.74 Å². The molecule has 6 rings (SSSR count). The van der Waals surface area contributed by atoms with Crippen molar-refractivity contribution in [3.05, 3.63) is 53.6 Å². The van der Waals surface area contributed by atoms with Crippen LogP contribution in [0.2, 0.25) is 0 Å². The molecule has 2 spiro atoms. The normalized spacial score (nSPS) is 46.5. The van der Waals surface area contributed by atoms with Crippen molar-refractivity contribution < 1.29 is 19.3 Å². The Balaban J connectivity index is 1.37. The molecule has 5 heteroatoms. The lowest BCUT2D eigenvalue weighted by Gasteiger charge is -2.64. The fourth-order valence-corrected chi connectivity index (χ4v) is 9.26. The summed E-state index contributed by atoms with van der Waals surface area (Å²) in [7, 11) is 3.88. The van der Waals surface area contributed by atoms with Gasteiger partial charge in [-0.3, -0.25) is 0 Å². The van der Waals surface area contributed by atoms with E-state index in [-0.39, 0.29) is 29.7 Å². The number of benzene rings is 1. The average Bonchev–Trinajstić information content (AvgIpc) is 3.40. The van der Waals surface area contributed by atoms with Crippen molar-refractivity contribution in [2.24, 2.45) is 17.3 Å². The van der Waals surface area contributed by atoms with Gasteiger partial charge in [0.05, 0.1) is 17.8 Å². The molecule has 0 aromatic heterocycles. The van der Waals surface area contributed by atoms with Crippen molar-refractivity contribution in [1.29, 1.82) is 0 Å². The number of ether oxygens (including phenoxy) is 1. The van der Waals surface area contributed by atoms with Gasteiger partial charge in [-0.1, -0.05) is 49.9 Å². The highest BCUT2D eigenvalue weighted by Crippen LogP contribution is 2.72. The number of nitrogens with zero attached hydrogens (tertiary/aromatic N) is 1. The number of hydrogen-bond donors (Lipinski definition) is 2. The van der Waals surface area contributed by atoms with Crippen molar-refractivity contribution >= 4 is 17.7 Å². The topological polar surface area (TPSA) is 52.9 Å². The number of hydrogen-bond acceptors (Lipinski definition) is 4. The molecule has 5 aliphatic rings. The summed E-state index contributed by atoms with van der Waals surface area (Å²) in [4.78, 5) is 1.99. The molecule has 2 heterocycles. The first kappa shape index (κ1) is 25.5. The maximum atomic E-state index is 17.2. The van der Waals surface area contributed by atoms with Crippen LogP contribution in [0.1, 0.15) is 75.5 Å². The van der Waals surface area contributed by atoms with Gasteiger partial charge >= 0.3 is 0 Å². The molecule has 9 unspecified atom stereocenters. The largest absolute Gasteiger partial charge is 0.390 e. The first-order valence-corrected chi connectivity index (χ1v) is 14.1. The van der Waals surface area contributed by atoms with Crippen LogP contribution in [-0.4, -0.2) is 64.3 Å². The summed E-state index contributed by atoms with van der Waals surface area (Å²) in [6.07, 6.45) is 10.9. The van der Waals surface area contributed by atoms with E-state index in [0.717, 1.165) is 30.4 Å². The maximum Gasteiger partial charge on any atom is 0.140 e. The second kappa shape index (κ2) is 8.35. The molecule has 1 aromatic rings. The lowest BCUT2D eigenvalue weighted by atomic mass is 9.51. The van der Waals surface area contributed by atoms with E-state index in [4.69, 9.17) is 4.74 Å². The van der Waals surface area contributed by atoms with Crippen molar-refractivity contribution in [1.82, 2.24) is 4.90 Å². The molecule has 2 bridgehead atoms. The van der Waals surface area contributed by atoms with Crippen LogP contribution in [0.5, 0.6) is 0 Å². The van der Waals surface area contributed by atoms with Gasteiger partial charge in [-0.25, -0.2) is 4.39 Å². The Morgan fingerprint density at radius 2 is 1.86 bits per heavy atom. The summed E-state index contributed by atoms with van der Waals surface area (Å²) >= 11 is 0. The standard InChI is InChI=1S/C32H42FNO3/c1-6-8-21-9-10-22(17-20(21)7-2)23-11-12-26-29(23,3)13-15-31(33)18-24-27(35)28(36)25(34(4)5)19-30(24)14-16-32(26,31)37-30/h6-11,17,24-28,35-36H,2,12-16,18-19H2,1,3-5H3. The van der Waals surface area contributed by atoms with Crippen LogP contribution >= 0.6 is 0 Å². The van der Waals surface area contributed by atoms with Gasteiger partial charge < -0.3 is 19.8 Å². The molecule has 2 aliphatic heterocycles. The van der Waals surface area contributed by atoms with Crippen LogP contribution in [0.4, 0.5) is 4.39 Å². The molecule has 2 N–H and O–H groups in total. The zero-order chi connectivity index (χ0) is 26.4. The molecular weight excluding hydrogens is 465 g/mol. The Morgan fingerprint density at radius 1 is 1.08 bits per heavy atom. The predicted octanol–water partition coefficient (Wildman–Crippen LogP) is 5.64. The van der Waals surface area contributed by atoms with Gasteiger partial charge in [-0.15, -0.1) is 0 Å². The monoisotopic (exact) mass is 507 g/mol. The van der Waals surface area contributed by atoms with Crippen LogP contribution in [0.3, 0.4) is 0 Å². The molecule has 37 heavy (non-hydrogen) atoms. The minimum atomic E-state index is -1.49. The number of aliphatic hydroxyl groups excluding tert-OH is 2. The fourth-order valence-electron chi connectivity index (χ4n) is 9.26. The maximum absolute atomic E-state index is 17.2. The molecule has 200 valence electrons. The van der Waals surface area contributed by atoms with Crippen molar-refractivity contribution in [2.75, 3.05) is 14.1 Å². The minimum Gasteiger partial charge on any atom is -0.390 e. The van der Waals surface area contributed by atoms with E-state index in [1.807, 2.05) is 38.1 Å². The molecule has 4 fully saturated rings. The Morgan fingerprint density at radius 3 is 2.57 bits per heavy atom. The third kappa shape index (κ3) is 3.27. The Bertz CT molecular complexity index is 1180. The number of likely N-dealkylation sites (N-methyl/N-ethyl adjacent to an activating group) is 1. The van der Waals surface area contributed by atoms with Crippen LogP contribution < -0.4 is 0 Å². The van der Waals surface area contributed by atoms with Crippen LogP contribution in [0, 0.1) is 17.3 Å². The number of fused-ring (bicyclic) bond motifs is 1. The van der Waals surface area contributed by atoms with E-state index in [0.29, 0.717) is 19.3 Å². The number of aliphatic hydroxyl groups is 2. The van der Waals surface area contributed by atoms with Crippen LogP contribution in [0.25, 0.3) is 17.7 Å². The van der Waals surface area contributed by atoms with Gasteiger partial charge in [-0.2, -0.15) is 0 Å². The van der Waals surface area contributed by atoms with Gasteiger partial charge in [0, 0.05) is 17.9 Å². The van der Waals surface area contributed by atoms with E-state index >= 15 is 4.39 Å². The molecule has 1 aromatic carbocycles. The zero-order valence-electron chi connectivity index (χ0n) is 22.7. The first-order valence-electron chi connectivity index (χ1n) is 14.1. The molecule has 0 amide bonds. The van der Waals surface area contributed by atoms with Gasteiger partial charge in [0.1, 0.15) is 11.3 Å². The number of rotatable bonds is 4. The lowest BCUT2D eigenvalue weighted by Crippen LogP contribution is -2.72. The average molecular weight is 508 g/mol. The van der Waals surface area contributed by atoms with Gasteiger partial charge in [0.25, 0.3) is 0 Å². The second-order valence-electron chi connectivity index (χ2n) is 12.9. The van der Waals surface area contributed by atoms with Crippen LogP contribution in [0.15, 0.2) is 36.9 Å². The predicted molar refractivity (Wildman–Crippen MR) is 146 cm³/mol. The van der Waals surface area contributed by atoms with E-state index in [9.17, 15) is 10.2 Å². The summed E-state index contributed by atoms with van der Waals surface area (Å²) in [6.45, 7) is 8.38. The summed E-state index contributed by atoms with van der Waals surface area (Å²) in [5.41, 5.74) is 1.68. The van der Waals surface area contributed by atoms with E-state index < -0.39 is 29.1 Å². The van der Waals surface area contributed by atoms with E-state index in [2.05, 4.69) is 43.9 Å². The third-order valence-electron chi connectivity index (χ3n) is 11.2. The van der Waals surface area contributed by atoms with E-state index in [1.54, 1.807) is 0 Å². The van der Waals surface area contributed by atoms with Gasteiger partial charge in [-0.05, 0) is 99.7 Å². The highest BCUT2D eigenvalue weighted by Gasteiger charge is 2.77. The summed E-state index contributed by atoms with van der Waals surface area (Å²) in [5.74, 6) is -0.315. The highest BCUT2D eigenvalue weighted by atomic mass is 19.1. The van der Waals surface area contributed by atoms with E-state index in [1.165, 1.54) is 11.1 Å². The van der Waals surface area contributed by atoms with Crippen molar-refractivity contribution in [3.63, 3.8) is 0 Å². The lowest BCUT2D eigenvalue weighted by molar-refractivity contribution is -0.314. The smallest absolute Gasteiger partial charge is 0.140 e. The quantitative estimate of drug-likeness (QED) is 0.554. The molecule has 3 aliphatic carbocycles.